The molecule has 6 N–H and O–H groups in total. The molecule has 84 valence electrons. The number of likely N-dealkylation sites (tertiary alicyclic amines) is 1. The Bertz CT molecular complexity index is 169. The lowest BCUT2D eigenvalue weighted by atomic mass is 10.00. The van der Waals surface area contributed by atoms with Crippen LogP contribution in [0.3, 0.4) is 0 Å². The largest absolute Gasteiger partial charge is 0.353 e. The molecule has 1 saturated heterocycles. The zero-order valence-electron chi connectivity index (χ0n) is 8.52. The van der Waals surface area contributed by atoms with E-state index in [9.17, 15) is 10.2 Å². The van der Waals surface area contributed by atoms with Gasteiger partial charge < -0.3 is 21.7 Å². The zero-order chi connectivity index (χ0) is 10.6. The lowest BCUT2D eigenvalue weighted by Crippen LogP contribution is -2.55. The monoisotopic (exact) mass is 203 g/mol. The first-order chi connectivity index (χ1) is 6.62. The molecule has 5 heteroatoms. The Balaban J connectivity index is 2.59. The normalized spacial score (nSPS) is 21.4. The Kier molecular flexibility index (Phi) is 4.28. The maximum absolute atomic E-state index is 9.95. The summed E-state index contributed by atoms with van der Waals surface area (Å²) in [6.45, 7) is 2.14. The molecule has 1 heterocycles. The van der Waals surface area contributed by atoms with Crippen molar-refractivity contribution < 1.29 is 10.2 Å². The van der Waals surface area contributed by atoms with E-state index in [1.54, 1.807) is 4.90 Å². The van der Waals surface area contributed by atoms with Crippen LogP contribution in [-0.4, -0.2) is 47.2 Å². The molecule has 0 amide bonds. The van der Waals surface area contributed by atoms with E-state index in [0.717, 1.165) is 25.9 Å². The highest BCUT2D eigenvalue weighted by Crippen LogP contribution is 2.25. The molecule has 0 radical (unpaired) electrons. The summed E-state index contributed by atoms with van der Waals surface area (Å²) >= 11 is 0. The van der Waals surface area contributed by atoms with Crippen LogP contribution < -0.4 is 11.5 Å². The van der Waals surface area contributed by atoms with Crippen molar-refractivity contribution in [1.82, 2.24) is 4.90 Å². The molecule has 1 atom stereocenters. The molecule has 1 aliphatic heterocycles. The van der Waals surface area contributed by atoms with E-state index >= 15 is 0 Å². The lowest BCUT2D eigenvalue weighted by molar-refractivity contribution is -0.289. The molecule has 0 saturated carbocycles. The Hall–Kier alpha value is -0.200. The van der Waals surface area contributed by atoms with Gasteiger partial charge in [-0.05, 0) is 25.8 Å². The summed E-state index contributed by atoms with van der Waals surface area (Å²) in [7, 11) is 0. The van der Waals surface area contributed by atoms with Crippen LogP contribution in [0.15, 0.2) is 0 Å². The van der Waals surface area contributed by atoms with E-state index in [4.69, 9.17) is 11.5 Å². The Morgan fingerprint density at radius 3 is 2.21 bits per heavy atom. The predicted molar refractivity (Wildman–Crippen MR) is 54.2 cm³/mol. The van der Waals surface area contributed by atoms with Gasteiger partial charge in [0.1, 0.15) is 0 Å². The number of rotatable bonds is 5. The molecule has 14 heavy (non-hydrogen) atoms. The SMILES string of the molecule is NCCC(CN)C(O)(O)N1CCCC1. The summed E-state index contributed by atoms with van der Waals surface area (Å²) in [5.41, 5.74) is 10.9. The molecule has 0 aromatic carbocycles. The van der Waals surface area contributed by atoms with Crippen LogP contribution in [0.5, 0.6) is 0 Å². The minimum Gasteiger partial charge on any atom is -0.353 e. The van der Waals surface area contributed by atoms with Crippen molar-refractivity contribution in [3.8, 4) is 0 Å². The molecule has 0 aliphatic carbocycles. The number of aliphatic hydroxyl groups is 2. The Morgan fingerprint density at radius 2 is 1.79 bits per heavy atom. The summed E-state index contributed by atoms with van der Waals surface area (Å²) in [5, 5.41) is 19.9. The third-order valence-electron chi connectivity index (χ3n) is 2.92. The molecule has 0 aromatic rings. The van der Waals surface area contributed by atoms with E-state index < -0.39 is 5.91 Å². The van der Waals surface area contributed by atoms with Gasteiger partial charge >= 0.3 is 0 Å². The van der Waals surface area contributed by atoms with Crippen molar-refractivity contribution in [2.75, 3.05) is 26.2 Å². The number of nitrogens with two attached hydrogens (primary N) is 2. The summed E-state index contributed by atoms with van der Waals surface area (Å²) in [5.74, 6) is -2.13. The fourth-order valence-electron chi connectivity index (χ4n) is 1.98. The molecule has 0 spiro atoms. The van der Waals surface area contributed by atoms with Gasteiger partial charge in [-0.15, -0.1) is 0 Å². The fourth-order valence-corrected chi connectivity index (χ4v) is 1.98. The van der Waals surface area contributed by atoms with Crippen molar-refractivity contribution in [2.24, 2.45) is 17.4 Å². The first-order valence-electron chi connectivity index (χ1n) is 5.22. The molecule has 1 rings (SSSR count). The summed E-state index contributed by atoms with van der Waals surface area (Å²) < 4.78 is 0. The average molecular weight is 203 g/mol. The van der Waals surface area contributed by atoms with Gasteiger partial charge in [-0.1, -0.05) is 0 Å². The van der Waals surface area contributed by atoms with E-state index in [2.05, 4.69) is 0 Å². The number of hydrogen-bond donors (Lipinski definition) is 4. The molecular weight excluding hydrogens is 182 g/mol. The number of nitrogens with zero attached hydrogens (tertiary/aromatic N) is 1. The maximum atomic E-state index is 9.95. The van der Waals surface area contributed by atoms with Gasteiger partial charge in [0.05, 0.1) is 0 Å². The average Bonchev–Trinajstić information content (AvgIpc) is 2.66. The van der Waals surface area contributed by atoms with E-state index in [1.165, 1.54) is 0 Å². The first kappa shape index (κ1) is 11.9. The Labute approximate surface area is 84.7 Å². The van der Waals surface area contributed by atoms with Crippen LogP contribution in [0.1, 0.15) is 19.3 Å². The second-order valence-electron chi connectivity index (χ2n) is 3.89. The van der Waals surface area contributed by atoms with Crippen molar-refractivity contribution in [3.63, 3.8) is 0 Å². The standard InChI is InChI=1S/C9H21N3O2/c10-4-3-8(7-11)9(13,14)12-5-1-2-6-12/h8,13-14H,1-7,10-11H2. The summed E-state index contributed by atoms with van der Waals surface area (Å²) in [6, 6.07) is 0. The molecular formula is C9H21N3O2. The summed E-state index contributed by atoms with van der Waals surface area (Å²) in [6.07, 6.45) is 2.57. The highest BCUT2D eigenvalue weighted by atomic mass is 16.5. The topological polar surface area (TPSA) is 95.7 Å². The predicted octanol–water partition coefficient (Wildman–Crippen LogP) is -1.36. The van der Waals surface area contributed by atoms with Crippen molar-refractivity contribution in [2.45, 2.75) is 25.2 Å². The molecule has 1 unspecified atom stereocenters. The van der Waals surface area contributed by atoms with Crippen LogP contribution in [0, 0.1) is 5.92 Å². The molecule has 5 nitrogen and oxygen atoms in total. The molecule has 0 bridgehead atoms. The molecule has 1 aliphatic rings. The second kappa shape index (κ2) is 5.04. The van der Waals surface area contributed by atoms with Gasteiger partial charge in [0.25, 0.3) is 0 Å². The Morgan fingerprint density at radius 1 is 1.21 bits per heavy atom. The van der Waals surface area contributed by atoms with Crippen LogP contribution in [-0.2, 0) is 0 Å². The smallest absolute Gasteiger partial charge is 0.229 e. The van der Waals surface area contributed by atoms with Crippen molar-refractivity contribution in [3.05, 3.63) is 0 Å². The third kappa shape index (κ3) is 2.43. The fraction of sp³-hybridized carbons (Fsp3) is 1.00. The van der Waals surface area contributed by atoms with E-state index in [-0.39, 0.29) is 12.5 Å². The van der Waals surface area contributed by atoms with Crippen LogP contribution in [0.2, 0.25) is 0 Å². The highest BCUT2D eigenvalue weighted by molar-refractivity contribution is 4.81. The number of hydrogen-bond acceptors (Lipinski definition) is 5. The van der Waals surface area contributed by atoms with Gasteiger partial charge in [-0.3, -0.25) is 4.90 Å². The minimum absolute atomic E-state index is 0.251. The quantitative estimate of drug-likeness (QED) is 0.414. The minimum atomic E-state index is -1.77. The summed E-state index contributed by atoms with van der Waals surface area (Å²) in [4.78, 5) is 1.68. The first-order valence-corrected chi connectivity index (χ1v) is 5.22. The van der Waals surface area contributed by atoms with Gasteiger partial charge in [-0.2, -0.15) is 0 Å². The zero-order valence-corrected chi connectivity index (χ0v) is 8.52. The third-order valence-corrected chi connectivity index (χ3v) is 2.92. The van der Waals surface area contributed by atoms with Crippen molar-refractivity contribution in [1.29, 1.82) is 0 Å². The van der Waals surface area contributed by atoms with Gasteiger partial charge in [0.2, 0.25) is 5.91 Å². The lowest BCUT2D eigenvalue weighted by Gasteiger charge is -2.37. The van der Waals surface area contributed by atoms with Gasteiger partial charge in [0.15, 0.2) is 0 Å². The van der Waals surface area contributed by atoms with Gasteiger partial charge in [0, 0.05) is 25.6 Å². The van der Waals surface area contributed by atoms with Crippen LogP contribution in [0.4, 0.5) is 0 Å². The van der Waals surface area contributed by atoms with Gasteiger partial charge in [-0.25, -0.2) is 0 Å². The van der Waals surface area contributed by atoms with Crippen molar-refractivity contribution >= 4 is 0 Å². The van der Waals surface area contributed by atoms with Crippen LogP contribution >= 0.6 is 0 Å². The van der Waals surface area contributed by atoms with Crippen LogP contribution in [0.25, 0.3) is 0 Å². The maximum Gasteiger partial charge on any atom is 0.229 e. The molecule has 1 fully saturated rings. The van der Waals surface area contributed by atoms with E-state index in [1.807, 2.05) is 0 Å². The van der Waals surface area contributed by atoms with E-state index in [0.29, 0.717) is 13.0 Å². The molecule has 0 aromatic heterocycles. The second-order valence-corrected chi connectivity index (χ2v) is 3.89. The highest BCUT2D eigenvalue weighted by Gasteiger charge is 2.40.